The largest absolute Gasteiger partial charge is 0.383 e. The summed E-state index contributed by atoms with van der Waals surface area (Å²) in [6.07, 6.45) is 0. The van der Waals surface area contributed by atoms with Gasteiger partial charge >= 0.3 is 0 Å². The number of H-pyrrole nitrogens is 1. The van der Waals surface area contributed by atoms with Gasteiger partial charge in [0, 0.05) is 26.8 Å². The fourth-order valence-corrected chi connectivity index (χ4v) is 0.928. The summed E-state index contributed by atoms with van der Waals surface area (Å²) in [5.41, 5.74) is 0.436. The molecule has 14 heavy (non-hydrogen) atoms. The number of rotatable bonds is 5. The number of aromatic nitrogens is 2. The van der Waals surface area contributed by atoms with Crippen molar-refractivity contribution in [3.8, 4) is 0 Å². The molecule has 0 aliphatic heterocycles. The van der Waals surface area contributed by atoms with Crippen LogP contribution in [0.3, 0.4) is 0 Å². The molecule has 78 valence electrons. The van der Waals surface area contributed by atoms with E-state index in [-0.39, 0.29) is 5.91 Å². The van der Waals surface area contributed by atoms with E-state index in [1.165, 1.54) is 0 Å². The van der Waals surface area contributed by atoms with Gasteiger partial charge in [-0.15, -0.1) is 0 Å². The van der Waals surface area contributed by atoms with E-state index in [2.05, 4.69) is 20.8 Å². The van der Waals surface area contributed by atoms with E-state index in [0.29, 0.717) is 24.7 Å². The molecule has 1 amide bonds. The van der Waals surface area contributed by atoms with Gasteiger partial charge in [0.15, 0.2) is 0 Å². The predicted octanol–water partition coefficient (Wildman–Crippen LogP) is -0.172. The zero-order chi connectivity index (χ0) is 10.4. The molecular weight excluding hydrogens is 184 g/mol. The van der Waals surface area contributed by atoms with Crippen LogP contribution in [0.2, 0.25) is 0 Å². The van der Waals surface area contributed by atoms with Crippen molar-refractivity contribution in [1.29, 1.82) is 0 Å². The molecule has 0 aliphatic carbocycles. The Kier molecular flexibility index (Phi) is 3.93. The summed E-state index contributed by atoms with van der Waals surface area (Å²) in [4.78, 5) is 11.4. The van der Waals surface area contributed by atoms with E-state index >= 15 is 0 Å². The lowest BCUT2D eigenvalue weighted by Gasteiger charge is -2.00. The Hall–Kier alpha value is -1.56. The van der Waals surface area contributed by atoms with Crippen LogP contribution in [-0.2, 0) is 4.74 Å². The second-order valence-electron chi connectivity index (χ2n) is 2.67. The van der Waals surface area contributed by atoms with Crippen LogP contribution < -0.4 is 10.6 Å². The van der Waals surface area contributed by atoms with Crippen LogP contribution in [0.5, 0.6) is 0 Å². The molecular formula is C8H14N4O2. The first kappa shape index (κ1) is 10.5. The highest BCUT2D eigenvalue weighted by molar-refractivity contribution is 5.92. The summed E-state index contributed by atoms with van der Waals surface area (Å²) in [5, 5.41) is 12.0. The van der Waals surface area contributed by atoms with Crippen LogP contribution in [-0.4, -0.2) is 43.4 Å². The second kappa shape index (κ2) is 5.23. The van der Waals surface area contributed by atoms with E-state index in [1.807, 2.05) is 0 Å². The van der Waals surface area contributed by atoms with Crippen LogP contribution in [0.15, 0.2) is 6.07 Å². The maximum atomic E-state index is 11.4. The van der Waals surface area contributed by atoms with E-state index in [4.69, 9.17) is 4.74 Å². The fourth-order valence-electron chi connectivity index (χ4n) is 0.928. The van der Waals surface area contributed by atoms with Crippen molar-refractivity contribution >= 4 is 11.7 Å². The van der Waals surface area contributed by atoms with Crippen LogP contribution in [0.4, 0.5) is 5.82 Å². The number of nitrogens with one attached hydrogen (secondary N) is 3. The van der Waals surface area contributed by atoms with Crippen molar-refractivity contribution in [2.45, 2.75) is 0 Å². The lowest BCUT2D eigenvalue weighted by molar-refractivity contribution is 0.0932. The Morgan fingerprint density at radius 2 is 2.50 bits per heavy atom. The van der Waals surface area contributed by atoms with E-state index in [1.54, 1.807) is 20.2 Å². The molecule has 0 bridgehead atoms. The summed E-state index contributed by atoms with van der Waals surface area (Å²) in [6, 6.07) is 1.64. The third-order valence-electron chi connectivity index (χ3n) is 1.67. The molecule has 0 fully saturated rings. The van der Waals surface area contributed by atoms with Gasteiger partial charge in [-0.05, 0) is 0 Å². The summed E-state index contributed by atoms with van der Waals surface area (Å²) in [7, 11) is 3.32. The second-order valence-corrected chi connectivity index (χ2v) is 2.67. The van der Waals surface area contributed by atoms with Crippen molar-refractivity contribution in [1.82, 2.24) is 15.5 Å². The molecule has 0 aliphatic rings. The SMILES string of the molecule is CNc1cc(C(=O)NCCOC)[nH]n1. The molecule has 1 aromatic heterocycles. The first-order valence-corrected chi connectivity index (χ1v) is 4.28. The number of methoxy groups -OCH3 is 1. The molecule has 0 atom stereocenters. The van der Waals surface area contributed by atoms with Crippen molar-refractivity contribution in [3.05, 3.63) is 11.8 Å². The summed E-state index contributed by atoms with van der Waals surface area (Å²) >= 11 is 0. The van der Waals surface area contributed by atoms with E-state index in [9.17, 15) is 4.79 Å². The quantitative estimate of drug-likeness (QED) is 0.574. The minimum Gasteiger partial charge on any atom is -0.383 e. The average molecular weight is 198 g/mol. The molecule has 1 rings (SSSR count). The minimum atomic E-state index is -0.184. The van der Waals surface area contributed by atoms with Gasteiger partial charge in [-0.1, -0.05) is 0 Å². The summed E-state index contributed by atoms with van der Waals surface area (Å²) in [5.74, 6) is 0.456. The summed E-state index contributed by atoms with van der Waals surface area (Å²) in [6.45, 7) is 0.988. The van der Waals surface area contributed by atoms with Crippen molar-refractivity contribution < 1.29 is 9.53 Å². The monoisotopic (exact) mass is 198 g/mol. The Morgan fingerprint density at radius 3 is 3.07 bits per heavy atom. The highest BCUT2D eigenvalue weighted by atomic mass is 16.5. The number of nitrogens with zero attached hydrogens (tertiary/aromatic N) is 1. The molecule has 0 aromatic carbocycles. The maximum Gasteiger partial charge on any atom is 0.269 e. The Labute approximate surface area is 82.0 Å². The summed E-state index contributed by atoms with van der Waals surface area (Å²) < 4.78 is 4.80. The minimum absolute atomic E-state index is 0.184. The maximum absolute atomic E-state index is 11.4. The number of carbonyl (C=O) groups excluding carboxylic acids is 1. The van der Waals surface area contributed by atoms with Gasteiger partial charge in [-0.2, -0.15) is 5.10 Å². The standard InChI is InChI=1S/C8H14N4O2/c1-9-7-5-6(11-12-7)8(13)10-3-4-14-2/h5H,3-4H2,1-2H3,(H,10,13)(H2,9,11,12). The third-order valence-corrected chi connectivity index (χ3v) is 1.67. The molecule has 1 heterocycles. The average Bonchev–Trinajstić information content (AvgIpc) is 2.66. The molecule has 0 saturated carbocycles. The van der Waals surface area contributed by atoms with Gasteiger partial charge in [-0.3, -0.25) is 9.89 Å². The first-order chi connectivity index (χ1) is 6.77. The Bertz CT molecular complexity index is 297. The van der Waals surface area contributed by atoms with Crippen molar-refractivity contribution in [2.75, 3.05) is 32.6 Å². The van der Waals surface area contributed by atoms with E-state index < -0.39 is 0 Å². The number of amides is 1. The lowest BCUT2D eigenvalue weighted by atomic mass is 10.4. The molecule has 0 spiro atoms. The number of hydrogen-bond donors (Lipinski definition) is 3. The zero-order valence-corrected chi connectivity index (χ0v) is 8.26. The van der Waals surface area contributed by atoms with Gasteiger partial charge in [0.05, 0.1) is 6.61 Å². The van der Waals surface area contributed by atoms with Gasteiger partial charge in [0.2, 0.25) is 0 Å². The number of carbonyl (C=O) groups is 1. The van der Waals surface area contributed by atoms with Crippen LogP contribution in [0.1, 0.15) is 10.5 Å². The van der Waals surface area contributed by atoms with E-state index in [0.717, 1.165) is 0 Å². The predicted molar refractivity (Wildman–Crippen MR) is 52.3 cm³/mol. The van der Waals surface area contributed by atoms with Gasteiger partial charge < -0.3 is 15.4 Å². The fraction of sp³-hybridized carbons (Fsp3) is 0.500. The number of aromatic amines is 1. The number of anilines is 1. The van der Waals surface area contributed by atoms with Gasteiger partial charge in [0.25, 0.3) is 5.91 Å². The number of hydrogen-bond acceptors (Lipinski definition) is 4. The van der Waals surface area contributed by atoms with Crippen LogP contribution in [0, 0.1) is 0 Å². The number of ether oxygens (including phenoxy) is 1. The molecule has 0 radical (unpaired) electrons. The van der Waals surface area contributed by atoms with Crippen molar-refractivity contribution in [2.24, 2.45) is 0 Å². The highest BCUT2D eigenvalue weighted by Crippen LogP contribution is 2.03. The molecule has 0 saturated heterocycles. The highest BCUT2D eigenvalue weighted by Gasteiger charge is 2.07. The normalized spacial score (nSPS) is 9.86. The Morgan fingerprint density at radius 1 is 1.71 bits per heavy atom. The molecule has 6 heteroatoms. The van der Waals surface area contributed by atoms with Gasteiger partial charge in [0.1, 0.15) is 11.5 Å². The zero-order valence-electron chi connectivity index (χ0n) is 8.26. The molecule has 6 nitrogen and oxygen atoms in total. The molecule has 1 aromatic rings. The topological polar surface area (TPSA) is 79.0 Å². The van der Waals surface area contributed by atoms with Gasteiger partial charge in [-0.25, -0.2) is 0 Å². The third kappa shape index (κ3) is 2.74. The van der Waals surface area contributed by atoms with Crippen LogP contribution >= 0.6 is 0 Å². The van der Waals surface area contributed by atoms with Crippen LogP contribution in [0.25, 0.3) is 0 Å². The lowest BCUT2D eigenvalue weighted by Crippen LogP contribution is -2.27. The molecule has 3 N–H and O–H groups in total. The van der Waals surface area contributed by atoms with Crippen molar-refractivity contribution in [3.63, 3.8) is 0 Å². The Balaban J connectivity index is 2.44. The first-order valence-electron chi connectivity index (χ1n) is 4.28. The smallest absolute Gasteiger partial charge is 0.269 e. The molecule has 0 unspecified atom stereocenters.